The molecule has 1 aromatic rings. The summed E-state index contributed by atoms with van der Waals surface area (Å²) in [5.74, 6) is -0.0529. The molecule has 114 valence electrons. The summed E-state index contributed by atoms with van der Waals surface area (Å²) in [6.07, 6.45) is -0.783. The van der Waals surface area contributed by atoms with Crippen molar-refractivity contribution in [2.24, 2.45) is 5.92 Å². The standard InChI is InChI=1S/C15H25NO3S/c1-11(2)14(17)13(12-9-7-6-8-10-12)16-20(18,19)15(3,4)5/h6-11,13-14,16-17H,1-5H3/t13-,14?/m0/s1. The highest BCUT2D eigenvalue weighted by Gasteiger charge is 2.35. The minimum atomic E-state index is -3.53. The molecule has 0 aliphatic rings. The first-order chi connectivity index (χ1) is 9.06. The normalized spacial score (nSPS) is 16.1. The van der Waals surface area contributed by atoms with Gasteiger partial charge in [-0.3, -0.25) is 0 Å². The Hall–Kier alpha value is -0.910. The van der Waals surface area contributed by atoms with E-state index in [1.54, 1.807) is 20.8 Å². The summed E-state index contributed by atoms with van der Waals surface area (Å²) in [5, 5.41) is 10.3. The summed E-state index contributed by atoms with van der Waals surface area (Å²) < 4.78 is 26.4. The van der Waals surface area contributed by atoms with E-state index in [1.807, 2.05) is 44.2 Å². The zero-order valence-electron chi connectivity index (χ0n) is 12.8. The second-order valence-corrected chi connectivity index (χ2v) is 8.82. The second-order valence-electron chi connectivity index (χ2n) is 6.36. The van der Waals surface area contributed by atoms with Gasteiger partial charge in [0.15, 0.2) is 0 Å². The van der Waals surface area contributed by atoms with Crippen LogP contribution < -0.4 is 4.72 Å². The average Bonchev–Trinajstić information content (AvgIpc) is 2.34. The van der Waals surface area contributed by atoms with E-state index in [9.17, 15) is 13.5 Å². The van der Waals surface area contributed by atoms with Crippen LogP contribution in [0.5, 0.6) is 0 Å². The fourth-order valence-corrected chi connectivity index (χ4v) is 2.69. The minimum Gasteiger partial charge on any atom is -0.391 e. The second kappa shape index (κ2) is 6.24. The lowest BCUT2D eigenvalue weighted by atomic mass is 9.94. The van der Waals surface area contributed by atoms with Gasteiger partial charge in [0.05, 0.1) is 16.9 Å². The molecule has 0 bridgehead atoms. The van der Waals surface area contributed by atoms with Crippen molar-refractivity contribution < 1.29 is 13.5 Å². The van der Waals surface area contributed by atoms with Crippen molar-refractivity contribution in [3.8, 4) is 0 Å². The summed E-state index contributed by atoms with van der Waals surface area (Å²) in [5.41, 5.74) is 0.765. The number of aliphatic hydroxyl groups excluding tert-OH is 1. The van der Waals surface area contributed by atoms with Gasteiger partial charge in [-0.05, 0) is 32.3 Å². The van der Waals surface area contributed by atoms with Crippen molar-refractivity contribution in [2.45, 2.75) is 51.5 Å². The Bertz CT molecular complexity index is 518. The van der Waals surface area contributed by atoms with Crippen molar-refractivity contribution in [2.75, 3.05) is 0 Å². The number of benzene rings is 1. The molecule has 2 N–H and O–H groups in total. The molecular formula is C15H25NO3S. The van der Waals surface area contributed by atoms with Crippen molar-refractivity contribution >= 4 is 10.0 Å². The molecule has 5 heteroatoms. The third-order valence-electron chi connectivity index (χ3n) is 3.27. The molecule has 0 spiro atoms. The first-order valence-electron chi connectivity index (χ1n) is 6.81. The smallest absolute Gasteiger partial charge is 0.217 e. The maximum absolute atomic E-state index is 12.3. The fraction of sp³-hybridized carbons (Fsp3) is 0.600. The quantitative estimate of drug-likeness (QED) is 0.877. The maximum Gasteiger partial charge on any atom is 0.217 e. The highest BCUT2D eigenvalue weighted by atomic mass is 32.2. The van der Waals surface area contributed by atoms with E-state index >= 15 is 0 Å². The van der Waals surface area contributed by atoms with Gasteiger partial charge >= 0.3 is 0 Å². The molecule has 20 heavy (non-hydrogen) atoms. The zero-order chi connectivity index (χ0) is 15.6. The third kappa shape index (κ3) is 4.04. The van der Waals surface area contributed by atoms with Crippen LogP contribution >= 0.6 is 0 Å². The van der Waals surface area contributed by atoms with E-state index in [-0.39, 0.29) is 5.92 Å². The van der Waals surface area contributed by atoms with Crippen molar-refractivity contribution in [1.29, 1.82) is 0 Å². The molecule has 1 rings (SSSR count). The van der Waals surface area contributed by atoms with Crippen LogP contribution in [0.25, 0.3) is 0 Å². The Labute approximate surface area is 122 Å². The van der Waals surface area contributed by atoms with Crippen LogP contribution in [0, 0.1) is 5.92 Å². The fourth-order valence-electron chi connectivity index (χ4n) is 1.72. The van der Waals surface area contributed by atoms with E-state index in [2.05, 4.69) is 4.72 Å². The van der Waals surface area contributed by atoms with Gasteiger partial charge < -0.3 is 5.11 Å². The zero-order valence-corrected chi connectivity index (χ0v) is 13.6. The molecule has 0 aromatic heterocycles. The number of sulfonamides is 1. The van der Waals surface area contributed by atoms with Gasteiger partial charge in [0.25, 0.3) is 0 Å². The van der Waals surface area contributed by atoms with Gasteiger partial charge in [-0.15, -0.1) is 0 Å². The predicted octanol–water partition coefficient (Wildman–Crippen LogP) is 2.46. The van der Waals surface area contributed by atoms with E-state index in [0.29, 0.717) is 0 Å². The van der Waals surface area contributed by atoms with Crippen LogP contribution in [0.3, 0.4) is 0 Å². The van der Waals surface area contributed by atoms with Crippen LogP contribution in [-0.2, 0) is 10.0 Å². The van der Waals surface area contributed by atoms with Crippen molar-refractivity contribution in [1.82, 2.24) is 4.72 Å². The summed E-state index contributed by atoms with van der Waals surface area (Å²) in [6, 6.07) is 8.53. The summed E-state index contributed by atoms with van der Waals surface area (Å²) in [7, 11) is -3.53. The first kappa shape index (κ1) is 17.1. The lowest BCUT2D eigenvalue weighted by molar-refractivity contribution is 0.0915. The Morgan fingerprint density at radius 1 is 1.10 bits per heavy atom. The SMILES string of the molecule is CC(C)C(O)[C@@H](NS(=O)(=O)C(C)(C)C)c1ccccc1. The Morgan fingerprint density at radius 2 is 1.60 bits per heavy atom. The molecule has 0 aliphatic heterocycles. The van der Waals surface area contributed by atoms with E-state index in [1.165, 1.54) is 0 Å². The van der Waals surface area contributed by atoms with Crippen LogP contribution in [0.15, 0.2) is 30.3 Å². The minimum absolute atomic E-state index is 0.0529. The number of aliphatic hydroxyl groups is 1. The predicted molar refractivity (Wildman–Crippen MR) is 81.8 cm³/mol. The van der Waals surface area contributed by atoms with Crippen molar-refractivity contribution in [3.63, 3.8) is 0 Å². The molecule has 0 heterocycles. The summed E-state index contributed by atoms with van der Waals surface area (Å²) in [4.78, 5) is 0. The molecule has 0 saturated carbocycles. The van der Waals surface area contributed by atoms with Crippen LogP contribution in [0.2, 0.25) is 0 Å². The molecular weight excluding hydrogens is 274 g/mol. The molecule has 0 radical (unpaired) electrons. The van der Waals surface area contributed by atoms with Crippen LogP contribution in [-0.4, -0.2) is 24.4 Å². The topological polar surface area (TPSA) is 66.4 Å². The van der Waals surface area contributed by atoms with Gasteiger partial charge in [-0.25, -0.2) is 13.1 Å². The molecule has 1 unspecified atom stereocenters. The Kier molecular flexibility index (Phi) is 5.35. The lowest BCUT2D eigenvalue weighted by Gasteiger charge is -2.30. The van der Waals surface area contributed by atoms with Gasteiger partial charge in [0, 0.05) is 0 Å². The van der Waals surface area contributed by atoms with Gasteiger partial charge in [0.1, 0.15) is 0 Å². The molecule has 0 amide bonds. The molecule has 0 saturated heterocycles. The molecule has 0 fully saturated rings. The molecule has 0 aliphatic carbocycles. The summed E-state index contributed by atoms with van der Waals surface area (Å²) in [6.45, 7) is 8.65. The first-order valence-corrected chi connectivity index (χ1v) is 8.29. The monoisotopic (exact) mass is 299 g/mol. The van der Waals surface area contributed by atoms with E-state index < -0.39 is 26.9 Å². The number of hydrogen-bond donors (Lipinski definition) is 2. The van der Waals surface area contributed by atoms with Gasteiger partial charge in [0.2, 0.25) is 10.0 Å². The number of nitrogens with one attached hydrogen (secondary N) is 1. The van der Waals surface area contributed by atoms with E-state index in [4.69, 9.17) is 0 Å². The molecule has 4 nitrogen and oxygen atoms in total. The summed E-state index contributed by atoms with van der Waals surface area (Å²) >= 11 is 0. The molecule has 2 atom stereocenters. The van der Waals surface area contributed by atoms with Gasteiger partial charge in [-0.2, -0.15) is 0 Å². The highest BCUT2D eigenvalue weighted by Crippen LogP contribution is 2.25. The molecule has 1 aromatic carbocycles. The Balaban J connectivity index is 3.15. The van der Waals surface area contributed by atoms with Gasteiger partial charge in [-0.1, -0.05) is 44.2 Å². The number of hydrogen-bond acceptors (Lipinski definition) is 3. The third-order valence-corrected chi connectivity index (χ3v) is 5.45. The number of rotatable bonds is 5. The Morgan fingerprint density at radius 3 is 2.00 bits per heavy atom. The highest BCUT2D eigenvalue weighted by molar-refractivity contribution is 7.90. The van der Waals surface area contributed by atoms with E-state index in [0.717, 1.165) is 5.56 Å². The largest absolute Gasteiger partial charge is 0.391 e. The van der Waals surface area contributed by atoms with Crippen LogP contribution in [0.1, 0.15) is 46.2 Å². The maximum atomic E-state index is 12.3. The average molecular weight is 299 g/mol. The lowest BCUT2D eigenvalue weighted by Crippen LogP contribution is -2.45. The van der Waals surface area contributed by atoms with Crippen LogP contribution in [0.4, 0.5) is 0 Å². The van der Waals surface area contributed by atoms with Crippen molar-refractivity contribution in [3.05, 3.63) is 35.9 Å².